The average Bonchev–Trinajstić information content (AvgIpc) is 3.10. The van der Waals surface area contributed by atoms with Crippen LogP contribution in [0.25, 0.3) is 5.69 Å². The molecule has 2 aromatic carbocycles. The van der Waals surface area contributed by atoms with Crippen LogP contribution in [0.5, 0.6) is 0 Å². The maximum absolute atomic E-state index is 13.4. The third kappa shape index (κ3) is 4.26. The van der Waals surface area contributed by atoms with Gasteiger partial charge in [0.15, 0.2) is 0 Å². The zero-order valence-electron chi connectivity index (χ0n) is 14.4. The lowest BCUT2D eigenvalue weighted by Crippen LogP contribution is -2.22. The van der Waals surface area contributed by atoms with E-state index >= 15 is 0 Å². The first-order valence-electron chi connectivity index (χ1n) is 8.17. The maximum Gasteiger partial charge on any atom is 0.237 e. The van der Waals surface area contributed by atoms with Gasteiger partial charge in [0.1, 0.15) is 5.82 Å². The van der Waals surface area contributed by atoms with E-state index < -0.39 is 5.25 Å². The first-order valence-corrected chi connectivity index (χ1v) is 9.05. The largest absolute Gasteiger partial charge is 0.325 e. The van der Waals surface area contributed by atoms with E-state index in [1.54, 1.807) is 19.1 Å². The molecule has 0 saturated heterocycles. The van der Waals surface area contributed by atoms with E-state index in [2.05, 4.69) is 27.8 Å². The molecule has 0 unspecified atom stereocenters. The summed E-state index contributed by atoms with van der Waals surface area (Å²) >= 11 is 1.20. The highest BCUT2D eigenvalue weighted by Gasteiger charge is 2.19. The van der Waals surface area contributed by atoms with E-state index in [0.717, 1.165) is 12.1 Å². The van der Waals surface area contributed by atoms with Gasteiger partial charge in [0.05, 0.1) is 10.9 Å². The minimum absolute atomic E-state index is 0.159. The number of aromatic nitrogens is 4. The van der Waals surface area contributed by atoms with Gasteiger partial charge in [-0.2, -0.15) is 4.68 Å². The third-order valence-corrected chi connectivity index (χ3v) is 4.81. The topological polar surface area (TPSA) is 72.7 Å². The summed E-state index contributed by atoms with van der Waals surface area (Å²) in [5, 5.41) is 14.3. The fourth-order valence-corrected chi connectivity index (χ4v) is 3.11. The third-order valence-electron chi connectivity index (χ3n) is 3.77. The number of amides is 1. The van der Waals surface area contributed by atoms with Gasteiger partial charge in [0.25, 0.3) is 0 Å². The van der Waals surface area contributed by atoms with Crippen molar-refractivity contribution in [1.29, 1.82) is 0 Å². The predicted octanol–water partition coefficient (Wildman–Crippen LogP) is 3.48. The van der Waals surface area contributed by atoms with E-state index in [1.165, 1.54) is 34.1 Å². The second-order valence-corrected chi connectivity index (χ2v) is 6.96. The average molecular weight is 371 g/mol. The molecule has 1 N–H and O–H groups in total. The molecule has 0 aliphatic heterocycles. The van der Waals surface area contributed by atoms with Gasteiger partial charge in [-0.3, -0.25) is 4.79 Å². The molecule has 8 heteroatoms. The number of hydrogen-bond acceptors (Lipinski definition) is 5. The molecule has 134 valence electrons. The SMILES string of the molecule is CCc1ccc(NC(=O)[C@@H](C)Sc2nnnn2-c2cccc(F)c2)cc1. The van der Waals surface area contributed by atoms with Crippen molar-refractivity contribution in [2.24, 2.45) is 0 Å². The number of hydrogen-bond donors (Lipinski definition) is 1. The Hall–Kier alpha value is -2.74. The van der Waals surface area contributed by atoms with Crippen LogP contribution in [0.2, 0.25) is 0 Å². The van der Waals surface area contributed by atoms with Gasteiger partial charge in [-0.05, 0) is 59.7 Å². The van der Waals surface area contributed by atoms with Gasteiger partial charge in [0.2, 0.25) is 11.1 Å². The minimum Gasteiger partial charge on any atom is -0.325 e. The molecule has 0 spiro atoms. The van der Waals surface area contributed by atoms with Gasteiger partial charge in [0, 0.05) is 5.69 Å². The van der Waals surface area contributed by atoms with Gasteiger partial charge in [-0.25, -0.2) is 4.39 Å². The number of carbonyl (C=O) groups excluding carboxylic acids is 1. The first kappa shape index (κ1) is 18.1. The summed E-state index contributed by atoms with van der Waals surface area (Å²) in [6.45, 7) is 3.85. The Morgan fingerprint density at radius 2 is 2.04 bits per heavy atom. The van der Waals surface area contributed by atoms with Gasteiger partial charge in [-0.1, -0.05) is 36.9 Å². The minimum atomic E-state index is -0.431. The Labute approximate surface area is 154 Å². The van der Waals surface area contributed by atoms with Crippen molar-refractivity contribution in [3.63, 3.8) is 0 Å². The molecule has 3 rings (SSSR count). The van der Waals surface area contributed by atoms with Gasteiger partial charge in [-0.15, -0.1) is 5.10 Å². The second-order valence-electron chi connectivity index (χ2n) is 5.65. The van der Waals surface area contributed by atoms with E-state index in [1.807, 2.05) is 24.3 Å². The number of nitrogens with zero attached hydrogens (tertiary/aromatic N) is 4. The van der Waals surface area contributed by atoms with Crippen LogP contribution in [-0.2, 0) is 11.2 Å². The number of thioether (sulfide) groups is 1. The van der Waals surface area contributed by atoms with Crippen LogP contribution in [0.1, 0.15) is 19.4 Å². The highest BCUT2D eigenvalue weighted by atomic mass is 32.2. The Kier molecular flexibility index (Phi) is 5.62. The molecule has 26 heavy (non-hydrogen) atoms. The van der Waals surface area contributed by atoms with Crippen LogP contribution in [0.4, 0.5) is 10.1 Å². The molecule has 6 nitrogen and oxygen atoms in total. The summed E-state index contributed by atoms with van der Waals surface area (Å²) < 4.78 is 14.8. The summed E-state index contributed by atoms with van der Waals surface area (Å²) in [4.78, 5) is 12.4. The fourth-order valence-electron chi connectivity index (χ4n) is 2.30. The van der Waals surface area contributed by atoms with Crippen molar-refractivity contribution < 1.29 is 9.18 Å². The van der Waals surface area contributed by atoms with Crippen LogP contribution in [0, 0.1) is 5.82 Å². The molecule has 0 radical (unpaired) electrons. The molecule has 0 aliphatic carbocycles. The number of anilines is 1. The van der Waals surface area contributed by atoms with E-state index in [9.17, 15) is 9.18 Å². The number of aryl methyl sites for hydroxylation is 1. The summed E-state index contributed by atoms with van der Waals surface area (Å²) in [6, 6.07) is 13.7. The van der Waals surface area contributed by atoms with Crippen LogP contribution in [0.3, 0.4) is 0 Å². The standard InChI is InChI=1S/C18H18FN5OS/c1-3-13-7-9-15(10-8-13)20-17(25)12(2)26-18-21-22-23-24(18)16-6-4-5-14(19)11-16/h4-12H,3H2,1-2H3,(H,20,25)/t12-/m1/s1. The number of benzene rings is 2. The smallest absolute Gasteiger partial charge is 0.237 e. The zero-order chi connectivity index (χ0) is 18.5. The van der Waals surface area contributed by atoms with Crippen LogP contribution < -0.4 is 5.32 Å². The summed E-state index contributed by atoms with van der Waals surface area (Å²) in [6.07, 6.45) is 0.948. The number of nitrogens with one attached hydrogen (secondary N) is 1. The summed E-state index contributed by atoms with van der Waals surface area (Å²) in [5.74, 6) is -0.539. The van der Waals surface area contributed by atoms with Gasteiger partial charge >= 0.3 is 0 Å². The Balaban J connectivity index is 1.69. The first-order chi connectivity index (χ1) is 12.6. The molecular weight excluding hydrogens is 353 g/mol. The lowest BCUT2D eigenvalue weighted by Gasteiger charge is -2.12. The van der Waals surface area contributed by atoms with E-state index in [4.69, 9.17) is 0 Å². The van der Waals surface area contributed by atoms with Crippen LogP contribution in [0.15, 0.2) is 53.7 Å². The monoisotopic (exact) mass is 371 g/mol. The quantitative estimate of drug-likeness (QED) is 0.672. The van der Waals surface area contributed by atoms with Crippen molar-refractivity contribution in [2.75, 3.05) is 5.32 Å². The fraction of sp³-hybridized carbons (Fsp3) is 0.222. The van der Waals surface area contributed by atoms with Crippen molar-refractivity contribution >= 4 is 23.4 Å². The number of rotatable bonds is 6. The van der Waals surface area contributed by atoms with Crippen molar-refractivity contribution in [3.05, 3.63) is 59.9 Å². The molecule has 1 heterocycles. The zero-order valence-corrected chi connectivity index (χ0v) is 15.2. The van der Waals surface area contributed by atoms with Crippen LogP contribution >= 0.6 is 11.8 Å². The normalized spacial score (nSPS) is 12.0. The summed E-state index contributed by atoms with van der Waals surface area (Å²) in [5.41, 5.74) is 2.45. The molecule has 0 bridgehead atoms. The molecule has 1 aromatic heterocycles. The number of halogens is 1. The molecule has 1 amide bonds. The number of tetrazole rings is 1. The van der Waals surface area contributed by atoms with E-state index in [-0.39, 0.29) is 11.7 Å². The molecule has 0 fully saturated rings. The van der Waals surface area contributed by atoms with E-state index in [0.29, 0.717) is 10.8 Å². The Bertz CT molecular complexity index is 897. The van der Waals surface area contributed by atoms with Gasteiger partial charge < -0.3 is 5.32 Å². The summed E-state index contributed by atoms with van der Waals surface area (Å²) in [7, 11) is 0. The molecule has 1 atom stereocenters. The highest BCUT2D eigenvalue weighted by Crippen LogP contribution is 2.24. The van der Waals surface area contributed by atoms with Crippen molar-refractivity contribution in [1.82, 2.24) is 20.2 Å². The lowest BCUT2D eigenvalue weighted by atomic mass is 10.1. The molecule has 0 saturated carbocycles. The second kappa shape index (κ2) is 8.09. The molecule has 3 aromatic rings. The van der Waals surface area contributed by atoms with Crippen LogP contribution in [-0.4, -0.2) is 31.4 Å². The lowest BCUT2D eigenvalue weighted by molar-refractivity contribution is -0.115. The van der Waals surface area contributed by atoms with Crippen molar-refractivity contribution in [3.8, 4) is 5.69 Å². The Morgan fingerprint density at radius 3 is 2.73 bits per heavy atom. The molecular formula is C18H18FN5OS. The highest BCUT2D eigenvalue weighted by molar-refractivity contribution is 8.00. The van der Waals surface area contributed by atoms with Crippen molar-refractivity contribution in [2.45, 2.75) is 30.7 Å². The maximum atomic E-state index is 13.4. The Morgan fingerprint density at radius 1 is 1.27 bits per heavy atom. The number of carbonyl (C=O) groups is 1. The predicted molar refractivity (Wildman–Crippen MR) is 98.9 cm³/mol. The molecule has 0 aliphatic rings.